The Labute approximate surface area is 187 Å². The van der Waals surface area contributed by atoms with Crippen LogP contribution in [0.3, 0.4) is 0 Å². The van der Waals surface area contributed by atoms with Crippen LogP contribution in [0.15, 0.2) is 35.3 Å². The second-order valence-electron chi connectivity index (χ2n) is 7.22. The molecule has 160 valence electrons. The third kappa shape index (κ3) is 10.6. The van der Waals surface area contributed by atoms with Crippen LogP contribution in [0.4, 0.5) is 0 Å². The van der Waals surface area contributed by atoms with Crippen LogP contribution in [0.1, 0.15) is 32.3 Å². The maximum Gasteiger partial charge on any atom is 0.191 e. The molecule has 0 amide bonds. The Morgan fingerprint density at radius 3 is 2.54 bits per heavy atom. The number of guanidine groups is 1. The highest BCUT2D eigenvalue weighted by molar-refractivity contribution is 14.0. The second kappa shape index (κ2) is 15.0. The first kappa shape index (κ1) is 25.1. The zero-order chi connectivity index (χ0) is 19.3. The van der Waals surface area contributed by atoms with Gasteiger partial charge < -0.3 is 25.0 Å². The fourth-order valence-electron chi connectivity index (χ4n) is 3.11. The van der Waals surface area contributed by atoms with Gasteiger partial charge >= 0.3 is 0 Å². The Morgan fingerprint density at radius 1 is 1.18 bits per heavy atom. The summed E-state index contributed by atoms with van der Waals surface area (Å²) in [6, 6.07) is 10.7. The minimum Gasteiger partial charge on any atom is -0.377 e. The van der Waals surface area contributed by atoms with Gasteiger partial charge in [-0.15, -0.1) is 24.0 Å². The first-order chi connectivity index (χ1) is 13.2. The first-order valence-electron chi connectivity index (χ1n) is 10.1. The van der Waals surface area contributed by atoms with E-state index in [0.717, 1.165) is 51.6 Å². The van der Waals surface area contributed by atoms with Gasteiger partial charge in [0, 0.05) is 39.3 Å². The van der Waals surface area contributed by atoms with Gasteiger partial charge in [-0.2, -0.15) is 0 Å². The summed E-state index contributed by atoms with van der Waals surface area (Å²) in [5, 5.41) is 6.88. The van der Waals surface area contributed by atoms with Gasteiger partial charge in [-0.3, -0.25) is 4.99 Å². The van der Waals surface area contributed by atoms with E-state index in [0.29, 0.717) is 25.4 Å². The van der Waals surface area contributed by atoms with Gasteiger partial charge in [0.25, 0.3) is 0 Å². The van der Waals surface area contributed by atoms with Gasteiger partial charge in [0.15, 0.2) is 5.96 Å². The van der Waals surface area contributed by atoms with Crippen molar-refractivity contribution in [3.8, 4) is 0 Å². The number of hydrogen-bond donors (Lipinski definition) is 2. The van der Waals surface area contributed by atoms with E-state index in [1.165, 1.54) is 5.56 Å². The fourth-order valence-corrected chi connectivity index (χ4v) is 3.11. The van der Waals surface area contributed by atoms with Crippen molar-refractivity contribution in [1.82, 2.24) is 15.5 Å². The smallest absolute Gasteiger partial charge is 0.191 e. The molecule has 1 aromatic rings. The molecule has 1 aliphatic rings. The number of nitrogens with one attached hydrogen (secondary N) is 2. The predicted molar refractivity (Wildman–Crippen MR) is 127 cm³/mol. The number of halogens is 1. The van der Waals surface area contributed by atoms with Crippen molar-refractivity contribution in [2.24, 2.45) is 4.99 Å². The summed E-state index contributed by atoms with van der Waals surface area (Å²) in [5.41, 5.74) is 1.20. The van der Waals surface area contributed by atoms with Gasteiger partial charge in [0.1, 0.15) is 0 Å². The van der Waals surface area contributed by atoms with Crippen LogP contribution in [0.5, 0.6) is 0 Å². The molecule has 0 aromatic heterocycles. The number of rotatable bonds is 10. The molecule has 1 aliphatic heterocycles. The quantitative estimate of drug-likeness (QED) is 0.222. The SMILES string of the molecule is CN=C(NCCOCc1ccccc1)NC1CCN(CCOC(C)C)CC1.I. The molecule has 0 unspecified atom stereocenters. The van der Waals surface area contributed by atoms with E-state index < -0.39 is 0 Å². The molecule has 0 radical (unpaired) electrons. The number of benzene rings is 1. The average Bonchev–Trinajstić information content (AvgIpc) is 2.68. The topological polar surface area (TPSA) is 58.1 Å². The zero-order valence-corrected chi connectivity index (χ0v) is 19.9. The molecule has 2 rings (SSSR count). The normalized spacial score (nSPS) is 16.1. The minimum absolute atomic E-state index is 0. The standard InChI is InChI=1S/C21H36N4O2.HI/c1-18(2)27-16-14-25-12-9-20(10-13-25)24-21(22-3)23-11-15-26-17-19-7-5-4-6-8-19;/h4-8,18,20H,9-17H2,1-3H3,(H2,22,23,24);1H. The number of aliphatic imine (C=N–C) groups is 1. The molecule has 1 saturated heterocycles. The molecule has 1 aromatic carbocycles. The van der Waals surface area contributed by atoms with E-state index in [4.69, 9.17) is 9.47 Å². The van der Waals surface area contributed by atoms with Gasteiger partial charge in [-0.25, -0.2) is 0 Å². The van der Waals surface area contributed by atoms with E-state index >= 15 is 0 Å². The number of nitrogens with zero attached hydrogens (tertiary/aromatic N) is 2. The molecule has 0 spiro atoms. The van der Waals surface area contributed by atoms with E-state index in [1.54, 1.807) is 0 Å². The molecule has 0 aliphatic carbocycles. The number of ether oxygens (including phenoxy) is 2. The second-order valence-corrected chi connectivity index (χ2v) is 7.22. The van der Waals surface area contributed by atoms with E-state index in [9.17, 15) is 0 Å². The highest BCUT2D eigenvalue weighted by atomic mass is 127. The third-order valence-corrected chi connectivity index (χ3v) is 4.66. The van der Waals surface area contributed by atoms with Gasteiger partial charge in [0.05, 0.1) is 25.9 Å². The molecule has 0 saturated carbocycles. The molecule has 0 atom stereocenters. The minimum atomic E-state index is 0. The van der Waals surface area contributed by atoms with Crippen molar-refractivity contribution in [2.75, 3.05) is 46.4 Å². The van der Waals surface area contributed by atoms with Crippen LogP contribution in [0.25, 0.3) is 0 Å². The molecule has 7 heteroatoms. The van der Waals surface area contributed by atoms with E-state index in [2.05, 4.69) is 46.5 Å². The van der Waals surface area contributed by atoms with Crippen molar-refractivity contribution in [3.05, 3.63) is 35.9 Å². The van der Waals surface area contributed by atoms with Crippen molar-refractivity contribution < 1.29 is 9.47 Å². The Kier molecular flexibility index (Phi) is 13.5. The summed E-state index contributed by atoms with van der Waals surface area (Å²) < 4.78 is 11.4. The maximum absolute atomic E-state index is 5.71. The molecule has 1 fully saturated rings. The summed E-state index contributed by atoms with van der Waals surface area (Å²) in [5.74, 6) is 0.861. The Balaban J connectivity index is 0.00000392. The predicted octanol–water partition coefficient (Wildman–Crippen LogP) is 2.88. The summed E-state index contributed by atoms with van der Waals surface area (Å²) in [4.78, 5) is 6.81. The molecule has 0 bridgehead atoms. The highest BCUT2D eigenvalue weighted by Gasteiger charge is 2.19. The number of likely N-dealkylation sites (tertiary alicyclic amines) is 1. The van der Waals surface area contributed by atoms with Crippen LogP contribution in [0, 0.1) is 0 Å². The first-order valence-corrected chi connectivity index (χ1v) is 10.1. The van der Waals surface area contributed by atoms with Crippen LogP contribution in [0.2, 0.25) is 0 Å². The van der Waals surface area contributed by atoms with Crippen LogP contribution in [-0.4, -0.2) is 69.4 Å². The lowest BCUT2D eigenvalue weighted by molar-refractivity contribution is 0.0532. The fraction of sp³-hybridized carbons (Fsp3) is 0.667. The summed E-state index contributed by atoms with van der Waals surface area (Å²) in [6.07, 6.45) is 2.58. The van der Waals surface area contributed by atoms with Crippen molar-refractivity contribution >= 4 is 29.9 Å². The zero-order valence-electron chi connectivity index (χ0n) is 17.5. The Hall–Kier alpha value is -0.900. The lowest BCUT2D eigenvalue weighted by atomic mass is 10.1. The Morgan fingerprint density at radius 2 is 1.89 bits per heavy atom. The monoisotopic (exact) mass is 504 g/mol. The maximum atomic E-state index is 5.71. The molecular weight excluding hydrogens is 467 g/mol. The lowest BCUT2D eigenvalue weighted by Gasteiger charge is -2.33. The van der Waals surface area contributed by atoms with Gasteiger partial charge in [-0.05, 0) is 32.3 Å². The van der Waals surface area contributed by atoms with Crippen LogP contribution >= 0.6 is 24.0 Å². The van der Waals surface area contributed by atoms with E-state index in [1.807, 2.05) is 25.2 Å². The van der Waals surface area contributed by atoms with Crippen LogP contribution in [-0.2, 0) is 16.1 Å². The van der Waals surface area contributed by atoms with Crippen LogP contribution < -0.4 is 10.6 Å². The van der Waals surface area contributed by atoms with Crippen molar-refractivity contribution in [1.29, 1.82) is 0 Å². The van der Waals surface area contributed by atoms with E-state index in [-0.39, 0.29) is 24.0 Å². The molecule has 28 heavy (non-hydrogen) atoms. The van der Waals surface area contributed by atoms with Crippen molar-refractivity contribution in [2.45, 2.75) is 45.4 Å². The molecule has 6 nitrogen and oxygen atoms in total. The molecule has 1 heterocycles. The lowest BCUT2D eigenvalue weighted by Crippen LogP contribution is -2.49. The summed E-state index contributed by atoms with van der Waals surface area (Å²) in [7, 11) is 1.82. The number of piperidine rings is 1. The van der Waals surface area contributed by atoms with Crippen molar-refractivity contribution in [3.63, 3.8) is 0 Å². The summed E-state index contributed by atoms with van der Waals surface area (Å²) >= 11 is 0. The third-order valence-electron chi connectivity index (χ3n) is 4.66. The van der Waals surface area contributed by atoms with Gasteiger partial charge in [0.2, 0.25) is 0 Å². The highest BCUT2D eigenvalue weighted by Crippen LogP contribution is 2.10. The summed E-state index contributed by atoms with van der Waals surface area (Å²) in [6.45, 7) is 10.3. The number of hydrogen-bond acceptors (Lipinski definition) is 4. The largest absolute Gasteiger partial charge is 0.377 e. The Bertz CT molecular complexity index is 534. The molecular formula is C21H37IN4O2. The van der Waals surface area contributed by atoms with Gasteiger partial charge in [-0.1, -0.05) is 30.3 Å². The molecule has 2 N–H and O–H groups in total. The average molecular weight is 504 g/mol.